The number of amides is 1. The van der Waals surface area contributed by atoms with E-state index >= 15 is 0 Å². The van der Waals surface area contributed by atoms with Gasteiger partial charge in [-0.25, -0.2) is 4.98 Å². The van der Waals surface area contributed by atoms with E-state index in [2.05, 4.69) is 15.0 Å². The van der Waals surface area contributed by atoms with Crippen molar-refractivity contribution in [2.75, 3.05) is 13.1 Å². The molecular formula is C18H18ClN5O. The second kappa shape index (κ2) is 6.44. The van der Waals surface area contributed by atoms with Gasteiger partial charge in [-0.05, 0) is 25.0 Å². The Hall–Kier alpha value is -2.47. The molecule has 128 valence electrons. The third kappa shape index (κ3) is 3.09. The molecule has 7 heteroatoms. The highest BCUT2D eigenvalue weighted by Gasteiger charge is 2.24. The quantitative estimate of drug-likeness (QED) is 0.708. The molecule has 0 spiro atoms. The van der Waals surface area contributed by atoms with Crippen LogP contribution in [0.4, 0.5) is 0 Å². The SMILES string of the molecule is CC(=O)N1CCCC(c2cnc(-c3cnc4ccc(Cl)cn34)cn2)C1. The number of carbonyl (C=O) groups excluding carboxylic acids is 1. The minimum atomic E-state index is 0.122. The Labute approximate surface area is 150 Å². The van der Waals surface area contributed by atoms with Gasteiger partial charge in [0.05, 0.1) is 28.8 Å². The lowest BCUT2D eigenvalue weighted by molar-refractivity contribution is -0.130. The van der Waals surface area contributed by atoms with E-state index in [1.54, 1.807) is 19.3 Å². The fraction of sp³-hybridized carbons (Fsp3) is 0.333. The standard InChI is InChI=1S/C18H18ClN5O/c1-12(25)23-6-2-3-13(10-23)15-7-21-16(8-20-15)17-9-22-18-5-4-14(19)11-24(17)18/h4-5,7-9,11,13H,2-3,6,10H2,1H3. The first-order valence-corrected chi connectivity index (χ1v) is 8.70. The molecule has 3 aromatic heterocycles. The number of rotatable bonds is 2. The first kappa shape index (κ1) is 16.0. The number of carbonyl (C=O) groups is 1. The van der Waals surface area contributed by atoms with Crippen LogP contribution in [0.15, 0.2) is 36.9 Å². The summed E-state index contributed by atoms with van der Waals surface area (Å²) in [6.07, 6.45) is 9.20. The lowest BCUT2D eigenvalue weighted by Gasteiger charge is -2.31. The highest BCUT2D eigenvalue weighted by atomic mass is 35.5. The molecule has 1 atom stereocenters. The van der Waals surface area contributed by atoms with Gasteiger partial charge < -0.3 is 4.90 Å². The van der Waals surface area contributed by atoms with E-state index < -0.39 is 0 Å². The van der Waals surface area contributed by atoms with E-state index in [1.165, 1.54) is 0 Å². The zero-order valence-electron chi connectivity index (χ0n) is 13.9. The molecule has 3 aromatic rings. The average molecular weight is 356 g/mol. The number of hydrogen-bond donors (Lipinski definition) is 0. The summed E-state index contributed by atoms with van der Waals surface area (Å²) in [7, 11) is 0. The van der Waals surface area contributed by atoms with Crippen LogP contribution in [-0.4, -0.2) is 43.2 Å². The zero-order valence-corrected chi connectivity index (χ0v) is 14.6. The second-order valence-corrected chi connectivity index (χ2v) is 6.79. The Morgan fingerprint density at radius 1 is 1.20 bits per heavy atom. The van der Waals surface area contributed by atoms with E-state index in [4.69, 9.17) is 11.6 Å². The zero-order chi connectivity index (χ0) is 17.4. The van der Waals surface area contributed by atoms with Crippen LogP contribution < -0.4 is 0 Å². The summed E-state index contributed by atoms with van der Waals surface area (Å²) in [5.41, 5.74) is 3.35. The minimum absolute atomic E-state index is 0.122. The topological polar surface area (TPSA) is 63.4 Å². The first-order chi connectivity index (χ1) is 12.1. The van der Waals surface area contributed by atoms with Crippen molar-refractivity contribution in [2.45, 2.75) is 25.7 Å². The third-order valence-electron chi connectivity index (χ3n) is 4.69. The minimum Gasteiger partial charge on any atom is -0.342 e. The van der Waals surface area contributed by atoms with Gasteiger partial charge in [-0.1, -0.05) is 11.6 Å². The molecule has 1 aliphatic rings. The van der Waals surface area contributed by atoms with Gasteiger partial charge in [-0.2, -0.15) is 0 Å². The first-order valence-electron chi connectivity index (χ1n) is 8.32. The Kier molecular flexibility index (Phi) is 4.13. The van der Waals surface area contributed by atoms with E-state index in [9.17, 15) is 4.79 Å². The lowest BCUT2D eigenvalue weighted by atomic mass is 9.95. The van der Waals surface area contributed by atoms with Crippen LogP contribution in [0, 0.1) is 0 Å². The van der Waals surface area contributed by atoms with Gasteiger partial charge in [0.25, 0.3) is 0 Å². The fourth-order valence-corrected chi connectivity index (χ4v) is 3.49. The van der Waals surface area contributed by atoms with Crippen molar-refractivity contribution in [3.8, 4) is 11.4 Å². The maximum absolute atomic E-state index is 11.6. The van der Waals surface area contributed by atoms with Gasteiger partial charge in [-0.3, -0.25) is 19.2 Å². The summed E-state index contributed by atoms with van der Waals surface area (Å²) < 4.78 is 1.91. The number of imidazole rings is 1. The molecule has 0 radical (unpaired) electrons. The summed E-state index contributed by atoms with van der Waals surface area (Å²) in [6.45, 7) is 3.17. The number of fused-ring (bicyclic) bond motifs is 1. The molecule has 1 saturated heterocycles. The highest BCUT2D eigenvalue weighted by Crippen LogP contribution is 2.26. The molecule has 0 N–H and O–H groups in total. The van der Waals surface area contributed by atoms with Crippen molar-refractivity contribution < 1.29 is 4.79 Å². The predicted molar refractivity (Wildman–Crippen MR) is 95.5 cm³/mol. The molecule has 25 heavy (non-hydrogen) atoms. The van der Waals surface area contributed by atoms with Crippen LogP contribution in [0.25, 0.3) is 17.0 Å². The number of hydrogen-bond acceptors (Lipinski definition) is 4. The molecule has 1 amide bonds. The lowest BCUT2D eigenvalue weighted by Crippen LogP contribution is -2.37. The number of aromatic nitrogens is 4. The van der Waals surface area contributed by atoms with Crippen LogP contribution in [0.1, 0.15) is 31.4 Å². The van der Waals surface area contributed by atoms with Crippen molar-refractivity contribution in [1.29, 1.82) is 0 Å². The average Bonchev–Trinajstić information content (AvgIpc) is 3.05. The molecule has 4 rings (SSSR count). The third-order valence-corrected chi connectivity index (χ3v) is 4.91. The maximum atomic E-state index is 11.6. The second-order valence-electron chi connectivity index (χ2n) is 6.35. The van der Waals surface area contributed by atoms with E-state index in [-0.39, 0.29) is 11.8 Å². The van der Waals surface area contributed by atoms with Gasteiger partial charge in [0.2, 0.25) is 5.91 Å². The van der Waals surface area contributed by atoms with E-state index in [1.807, 2.05) is 33.8 Å². The largest absolute Gasteiger partial charge is 0.342 e. The predicted octanol–water partition coefficient (Wildman–Crippen LogP) is 3.17. The molecule has 1 fully saturated rings. The van der Waals surface area contributed by atoms with Gasteiger partial charge in [0.1, 0.15) is 11.3 Å². The normalized spacial score (nSPS) is 17.8. The monoisotopic (exact) mass is 355 g/mol. The van der Waals surface area contributed by atoms with Crippen molar-refractivity contribution >= 4 is 23.2 Å². The Balaban J connectivity index is 1.61. The van der Waals surface area contributed by atoms with Crippen molar-refractivity contribution in [2.24, 2.45) is 0 Å². The number of pyridine rings is 1. The van der Waals surface area contributed by atoms with Crippen molar-refractivity contribution in [1.82, 2.24) is 24.3 Å². The van der Waals surface area contributed by atoms with Crippen LogP contribution in [0.2, 0.25) is 5.02 Å². The summed E-state index contributed by atoms with van der Waals surface area (Å²) in [5.74, 6) is 0.368. The summed E-state index contributed by atoms with van der Waals surface area (Å²) in [6, 6.07) is 3.68. The molecule has 0 aliphatic carbocycles. The summed E-state index contributed by atoms with van der Waals surface area (Å²) >= 11 is 6.08. The summed E-state index contributed by atoms with van der Waals surface area (Å²) in [4.78, 5) is 27.0. The highest BCUT2D eigenvalue weighted by molar-refractivity contribution is 6.30. The Bertz CT molecular complexity index is 921. The molecule has 1 unspecified atom stereocenters. The molecule has 4 heterocycles. The number of likely N-dealkylation sites (tertiary alicyclic amines) is 1. The van der Waals surface area contributed by atoms with Crippen LogP contribution in [0.3, 0.4) is 0 Å². The number of halogens is 1. The maximum Gasteiger partial charge on any atom is 0.219 e. The van der Waals surface area contributed by atoms with Crippen LogP contribution in [-0.2, 0) is 4.79 Å². The molecule has 0 bridgehead atoms. The van der Waals surface area contributed by atoms with Gasteiger partial charge in [0.15, 0.2) is 0 Å². The van der Waals surface area contributed by atoms with Crippen LogP contribution in [0.5, 0.6) is 0 Å². The van der Waals surface area contributed by atoms with Crippen molar-refractivity contribution in [3.05, 3.63) is 47.6 Å². The molecule has 0 saturated carbocycles. The number of nitrogens with zero attached hydrogens (tertiary/aromatic N) is 5. The van der Waals surface area contributed by atoms with Crippen LogP contribution >= 0.6 is 11.6 Å². The van der Waals surface area contributed by atoms with E-state index in [0.717, 1.165) is 42.1 Å². The molecular weight excluding hydrogens is 338 g/mol. The summed E-state index contributed by atoms with van der Waals surface area (Å²) in [5, 5.41) is 0.642. The van der Waals surface area contributed by atoms with Gasteiger partial charge in [-0.15, -0.1) is 0 Å². The fourth-order valence-electron chi connectivity index (χ4n) is 3.33. The molecule has 6 nitrogen and oxygen atoms in total. The van der Waals surface area contributed by atoms with Gasteiger partial charge in [0, 0.05) is 38.3 Å². The molecule has 1 aliphatic heterocycles. The van der Waals surface area contributed by atoms with Crippen molar-refractivity contribution in [3.63, 3.8) is 0 Å². The Morgan fingerprint density at radius 3 is 2.84 bits per heavy atom. The van der Waals surface area contributed by atoms with Gasteiger partial charge >= 0.3 is 0 Å². The molecule has 0 aromatic carbocycles. The van der Waals surface area contributed by atoms with E-state index in [0.29, 0.717) is 11.6 Å². The Morgan fingerprint density at radius 2 is 2.08 bits per heavy atom. The number of piperidine rings is 1. The smallest absolute Gasteiger partial charge is 0.219 e.